The summed E-state index contributed by atoms with van der Waals surface area (Å²) in [5.74, 6) is -0.226. The van der Waals surface area contributed by atoms with Gasteiger partial charge in [0.15, 0.2) is 0 Å². The van der Waals surface area contributed by atoms with Crippen LogP contribution in [-0.2, 0) is 0 Å². The number of carbonyl (C=O) groups is 1. The molecule has 0 radical (unpaired) electrons. The molecule has 0 aliphatic heterocycles. The molecule has 5 nitrogen and oxygen atoms in total. The van der Waals surface area contributed by atoms with Gasteiger partial charge in [-0.15, -0.1) is 0 Å². The number of hydrogen-bond donors (Lipinski definition) is 3. The Hall–Kier alpha value is -2.47. The number of hydrogen-bond acceptors (Lipinski definition) is 3. The fourth-order valence-corrected chi connectivity index (χ4v) is 1.60. The quantitative estimate of drug-likeness (QED) is 0.806. The van der Waals surface area contributed by atoms with Gasteiger partial charge in [-0.1, -0.05) is 12.1 Å². The smallest absolute Gasteiger partial charge is 0.324 e. The molecular weight excluding hydrogens is 261 g/mol. The Labute approximate surface area is 115 Å². The zero-order valence-corrected chi connectivity index (χ0v) is 10.8. The third kappa shape index (κ3) is 3.76. The average Bonchev–Trinajstić information content (AvgIpc) is 2.41. The molecule has 1 heterocycles. The zero-order valence-electron chi connectivity index (χ0n) is 10.8. The van der Waals surface area contributed by atoms with Crippen molar-refractivity contribution in [1.82, 2.24) is 4.98 Å². The summed E-state index contributed by atoms with van der Waals surface area (Å²) in [5, 5.41) is 14.6. The van der Waals surface area contributed by atoms with Crippen molar-refractivity contribution in [1.29, 1.82) is 0 Å². The lowest BCUT2D eigenvalue weighted by Crippen LogP contribution is -2.20. The highest BCUT2D eigenvalue weighted by Crippen LogP contribution is 2.17. The second-order valence-electron chi connectivity index (χ2n) is 4.24. The summed E-state index contributed by atoms with van der Waals surface area (Å²) in [7, 11) is 0. The van der Waals surface area contributed by atoms with E-state index in [9.17, 15) is 14.3 Å². The van der Waals surface area contributed by atoms with Gasteiger partial charge in [0, 0.05) is 5.69 Å². The molecule has 2 rings (SSSR count). The molecule has 1 unspecified atom stereocenters. The van der Waals surface area contributed by atoms with Gasteiger partial charge in [-0.2, -0.15) is 0 Å². The van der Waals surface area contributed by atoms with Crippen LogP contribution in [0.3, 0.4) is 0 Å². The fourth-order valence-electron chi connectivity index (χ4n) is 1.60. The molecule has 1 aromatic heterocycles. The highest BCUT2D eigenvalue weighted by Gasteiger charge is 2.06. The van der Waals surface area contributed by atoms with Gasteiger partial charge >= 0.3 is 6.03 Å². The van der Waals surface area contributed by atoms with Gasteiger partial charge < -0.3 is 10.4 Å². The number of rotatable bonds is 3. The van der Waals surface area contributed by atoms with E-state index in [1.807, 2.05) is 0 Å². The number of pyridine rings is 1. The number of carbonyl (C=O) groups excluding carboxylic acids is 1. The standard InChI is InChI=1S/C14H14FN3O2/c1-9(19)10-3-2-4-12(7-10)17-14(20)18-13-6-5-11(15)8-16-13/h2-9,19H,1H3,(H2,16,17,18,20). The van der Waals surface area contributed by atoms with Gasteiger partial charge in [-0.3, -0.25) is 5.32 Å². The normalized spacial score (nSPS) is 11.8. The molecule has 0 fully saturated rings. The van der Waals surface area contributed by atoms with E-state index in [-0.39, 0.29) is 5.82 Å². The summed E-state index contributed by atoms with van der Waals surface area (Å²) < 4.78 is 12.7. The number of nitrogens with one attached hydrogen (secondary N) is 2. The lowest BCUT2D eigenvalue weighted by molar-refractivity contribution is 0.199. The second-order valence-corrected chi connectivity index (χ2v) is 4.24. The lowest BCUT2D eigenvalue weighted by atomic mass is 10.1. The maximum absolute atomic E-state index is 12.7. The van der Waals surface area contributed by atoms with Crippen molar-refractivity contribution in [3.05, 3.63) is 54.0 Å². The molecule has 2 aromatic rings. The van der Waals surface area contributed by atoms with Crippen LogP contribution in [0.25, 0.3) is 0 Å². The Kier molecular flexibility index (Phi) is 4.27. The molecule has 0 aliphatic rings. The second kappa shape index (κ2) is 6.12. The van der Waals surface area contributed by atoms with Crippen LogP contribution in [-0.4, -0.2) is 16.1 Å². The molecule has 0 spiro atoms. The van der Waals surface area contributed by atoms with Crippen molar-refractivity contribution >= 4 is 17.5 Å². The lowest BCUT2D eigenvalue weighted by Gasteiger charge is -2.09. The van der Waals surface area contributed by atoms with E-state index in [2.05, 4.69) is 15.6 Å². The van der Waals surface area contributed by atoms with Crippen molar-refractivity contribution in [2.75, 3.05) is 10.6 Å². The molecule has 0 saturated heterocycles. The van der Waals surface area contributed by atoms with E-state index >= 15 is 0 Å². The molecule has 0 bridgehead atoms. The van der Waals surface area contributed by atoms with Gasteiger partial charge in [0.2, 0.25) is 0 Å². The largest absolute Gasteiger partial charge is 0.389 e. The van der Waals surface area contributed by atoms with Crippen molar-refractivity contribution in [2.45, 2.75) is 13.0 Å². The molecule has 0 aliphatic carbocycles. The molecule has 2 amide bonds. The predicted molar refractivity (Wildman–Crippen MR) is 73.9 cm³/mol. The minimum absolute atomic E-state index is 0.246. The Morgan fingerprint density at radius 2 is 2.10 bits per heavy atom. The SMILES string of the molecule is CC(O)c1cccc(NC(=O)Nc2ccc(F)cn2)c1. The maximum Gasteiger partial charge on any atom is 0.324 e. The molecular formula is C14H14FN3O2. The number of nitrogens with zero attached hydrogens (tertiary/aromatic N) is 1. The van der Waals surface area contributed by atoms with Gasteiger partial charge in [-0.05, 0) is 36.8 Å². The molecule has 0 saturated carbocycles. The first-order chi connectivity index (χ1) is 9.54. The third-order valence-electron chi connectivity index (χ3n) is 2.60. The minimum atomic E-state index is -0.612. The number of anilines is 2. The topological polar surface area (TPSA) is 74.2 Å². The first-order valence-corrected chi connectivity index (χ1v) is 6.02. The number of aliphatic hydroxyl groups excluding tert-OH is 1. The summed E-state index contributed by atoms with van der Waals surface area (Å²) in [5.41, 5.74) is 1.24. The Bertz CT molecular complexity index is 600. The number of aliphatic hydroxyl groups is 1. The summed E-state index contributed by atoms with van der Waals surface area (Å²) in [4.78, 5) is 15.4. The van der Waals surface area contributed by atoms with Crippen molar-refractivity contribution in [3.8, 4) is 0 Å². The number of aromatic nitrogens is 1. The molecule has 6 heteroatoms. The molecule has 20 heavy (non-hydrogen) atoms. The summed E-state index contributed by atoms with van der Waals surface area (Å²) in [6.07, 6.45) is 0.405. The van der Waals surface area contributed by atoms with E-state index in [1.54, 1.807) is 31.2 Å². The molecule has 1 atom stereocenters. The van der Waals surface area contributed by atoms with Gasteiger partial charge in [0.25, 0.3) is 0 Å². The van der Waals surface area contributed by atoms with Crippen LogP contribution in [0.5, 0.6) is 0 Å². The average molecular weight is 275 g/mol. The summed E-state index contributed by atoms with van der Waals surface area (Å²) in [6.45, 7) is 1.64. The Balaban J connectivity index is 2.01. The van der Waals surface area contributed by atoms with Crippen molar-refractivity contribution < 1.29 is 14.3 Å². The number of benzene rings is 1. The molecule has 1 aromatic carbocycles. The van der Waals surface area contributed by atoms with Crippen LogP contribution >= 0.6 is 0 Å². The fraction of sp³-hybridized carbons (Fsp3) is 0.143. The van der Waals surface area contributed by atoms with E-state index in [0.29, 0.717) is 11.3 Å². The van der Waals surface area contributed by atoms with Gasteiger partial charge in [0.1, 0.15) is 11.6 Å². The highest BCUT2D eigenvalue weighted by molar-refractivity contribution is 5.99. The van der Waals surface area contributed by atoms with E-state index in [4.69, 9.17) is 0 Å². The maximum atomic E-state index is 12.7. The number of halogens is 1. The predicted octanol–water partition coefficient (Wildman–Crippen LogP) is 2.92. The van der Waals surface area contributed by atoms with E-state index in [1.165, 1.54) is 12.1 Å². The van der Waals surface area contributed by atoms with Crippen LogP contribution in [0.2, 0.25) is 0 Å². The first-order valence-electron chi connectivity index (χ1n) is 6.02. The van der Waals surface area contributed by atoms with E-state index < -0.39 is 18.0 Å². The zero-order chi connectivity index (χ0) is 14.5. The third-order valence-corrected chi connectivity index (χ3v) is 2.60. The van der Waals surface area contributed by atoms with Crippen molar-refractivity contribution in [3.63, 3.8) is 0 Å². The molecule has 104 valence electrons. The van der Waals surface area contributed by atoms with Crippen molar-refractivity contribution in [2.24, 2.45) is 0 Å². The number of amides is 2. The van der Waals surface area contributed by atoms with Crippen LogP contribution in [0, 0.1) is 5.82 Å². The monoisotopic (exact) mass is 275 g/mol. The van der Waals surface area contributed by atoms with Gasteiger partial charge in [0.05, 0.1) is 12.3 Å². The summed E-state index contributed by atoms with van der Waals surface area (Å²) in [6, 6.07) is 8.93. The Morgan fingerprint density at radius 1 is 1.30 bits per heavy atom. The van der Waals surface area contributed by atoms with Gasteiger partial charge in [-0.25, -0.2) is 14.2 Å². The first kappa shape index (κ1) is 14.0. The van der Waals surface area contributed by atoms with E-state index in [0.717, 1.165) is 6.20 Å². The van der Waals surface area contributed by atoms with Crippen LogP contribution in [0.1, 0.15) is 18.6 Å². The van der Waals surface area contributed by atoms with Crippen LogP contribution in [0.4, 0.5) is 20.7 Å². The minimum Gasteiger partial charge on any atom is -0.389 e. The molecule has 3 N–H and O–H groups in total. The summed E-state index contributed by atoms with van der Waals surface area (Å²) >= 11 is 0. The number of urea groups is 1. The van der Waals surface area contributed by atoms with Crippen LogP contribution < -0.4 is 10.6 Å². The highest BCUT2D eigenvalue weighted by atomic mass is 19.1. The van der Waals surface area contributed by atoms with Crippen LogP contribution in [0.15, 0.2) is 42.6 Å². The Morgan fingerprint density at radius 3 is 2.75 bits per heavy atom.